The fourth-order valence-corrected chi connectivity index (χ4v) is 2.61. The van der Waals surface area contributed by atoms with Crippen molar-refractivity contribution in [2.75, 3.05) is 0 Å². The molecule has 1 atom stereocenters. The Morgan fingerprint density at radius 2 is 1.81 bits per heavy atom. The van der Waals surface area contributed by atoms with E-state index in [1.165, 1.54) is 0 Å². The largest absolute Gasteiger partial charge is 0.520 e. The first-order chi connectivity index (χ1) is 9.23. The summed E-state index contributed by atoms with van der Waals surface area (Å²) in [7, 11) is -5.36. The third-order valence-electron chi connectivity index (χ3n) is 2.69. The summed E-state index contributed by atoms with van der Waals surface area (Å²) >= 11 is 0. The fraction of sp³-hybridized carbons (Fsp3) is 0.300. The normalized spacial score (nSPS) is 19.6. The Bertz CT molecular complexity index is 610. The van der Waals surface area contributed by atoms with Crippen molar-refractivity contribution in [2.24, 2.45) is 0 Å². The molecule has 0 unspecified atom stereocenters. The summed E-state index contributed by atoms with van der Waals surface area (Å²) in [6, 6.07) is 6.54. The number of carbonyl (C=O) groups excluding carboxylic acids is 1. The fourth-order valence-electron chi connectivity index (χ4n) is 1.71. The van der Waals surface area contributed by atoms with Gasteiger partial charge in [-0.05, 0) is 12.0 Å². The van der Waals surface area contributed by atoms with Gasteiger partial charge in [0.15, 0.2) is 0 Å². The van der Waals surface area contributed by atoms with Gasteiger partial charge in [0.05, 0.1) is 0 Å². The standard InChI is InChI=1S/C10H8BF3NO4S.Y/c12-10(13,14)20(17,18)15-8(9(16)19-11-15)6-7-4-2-1-3-5-7;/h1-5,8H,6H2;/t8-;/m0./s1. The topological polar surface area (TPSA) is 63.7 Å². The summed E-state index contributed by atoms with van der Waals surface area (Å²) in [5.74, 6) is -1.04. The van der Waals surface area contributed by atoms with Gasteiger partial charge < -0.3 is 4.65 Å². The van der Waals surface area contributed by atoms with Crippen LogP contribution >= 0.6 is 0 Å². The van der Waals surface area contributed by atoms with E-state index in [1.807, 2.05) is 0 Å². The number of alkyl halides is 3. The van der Waals surface area contributed by atoms with Gasteiger partial charge in [-0.1, -0.05) is 30.3 Å². The zero-order chi connectivity index (χ0) is 15.0. The molecule has 2 rings (SSSR count). The Labute approximate surface area is 145 Å². The molecule has 0 saturated carbocycles. The molecule has 0 amide bonds. The number of halogens is 3. The van der Waals surface area contributed by atoms with Gasteiger partial charge in [0, 0.05) is 32.7 Å². The molecule has 5 nitrogen and oxygen atoms in total. The first-order valence-electron chi connectivity index (χ1n) is 5.41. The van der Waals surface area contributed by atoms with E-state index < -0.39 is 27.5 Å². The second-order valence-electron chi connectivity index (χ2n) is 4.03. The van der Waals surface area contributed by atoms with Crippen molar-refractivity contribution in [3.63, 3.8) is 0 Å². The number of hydrogen-bond donors (Lipinski definition) is 0. The van der Waals surface area contributed by atoms with E-state index in [0.29, 0.717) is 13.2 Å². The van der Waals surface area contributed by atoms with Crippen LogP contribution in [0, 0.1) is 0 Å². The minimum Gasteiger partial charge on any atom is -0.520 e. The smallest absolute Gasteiger partial charge is 0.510 e. The Kier molecular flexibility index (Phi) is 5.99. The van der Waals surface area contributed by atoms with Crippen molar-refractivity contribution in [3.05, 3.63) is 35.9 Å². The molecule has 21 heavy (non-hydrogen) atoms. The molecular formula is C10H8BF3NO4SY. The minimum absolute atomic E-state index is 0. The molecule has 1 aromatic rings. The van der Waals surface area contributed by atoms with Crippen LogP contribution in [0.4, 0.5) is 13.2 Å². The monoisotopic (exact) mass is 395 g/mol. The molecule has 1 fully saturated rings. The zero-order valence-electron chi connectivity index (χ0n) is 10.4. The Morgan fingerprint density at radius 3 is 2.33 bits per heavy atom. The molecule has 1 heterocycles. The molecule has 110 valence electrons. The van der Waals surface area contributed by atoms with E-state index in [4.69, 9.17) is 0 Å². The molecular weight excluding hydrogens is 387 g/mol. The van der Waals surface area contributed by atoms with Crippen molar-refractivity contribution in [2.45, 2.75) is 18.0 Å². The molecule has 2 radical (unpaired) electrons. The van der Waals surface area contributed by atoms with Gasteiger partial charge >= 0.3 is 29.1 Å². The predicted molar refractivity (Wildman–Crippen MR) is 62.6 cm³/mol. The van der Waals surface area contributed by atoms with Crippen LogP contribution in [0.2, 0.25) is 0 Å². The number of nitrogens with zero attached hydrogens (tertiary/aromatic N) is 1. The second-order valence-corrected chi connectivity index (χ2v) is 5.86. The van der Waals surface area contributed by atoms with Crippen LogP contribution < -0.4 is 0 Å². The van der Waals surface area contributed by atoms with E-state index >= 15 is 0 Å². The van der Waals surface area contributed by atoms with Crippen LogP contribution in [-0.2, 0) is 58.6 Å². The van der Waals surface area contributed by atoms with Crippen LogP contribution in [0.5, 0.6) is 0 Å². The molecule has 0 N–H and O–H groups in total. The molecule has 0 bridgehead atoms. The number of benzene rings is 1. The average molecular weight is 395 g/mol. The molecule has 11 heteroatoms. The molecule has 1 aliphatic rings. The Morgan fingerprint density at radius 1 is 1.24 bits per heavy atom. The first kappa shape index (κ1) is 18.6. The van der Waals surface area contributed by atoms with Gasteiger partial charge in [-0.25, -0.2) is 8.42 Å². The summed E-state index contributed by atoms with van der Waals surface area (Å²) < 4.78 is 64.4. The van der Waals surface area contributed by atoms with Gasteiger partial charge in [0.1, 0.15) is 6.04 Å². The number of carbonyl (C=O) groups is 1. The third kappa shape index (κ3) is 3.85. The summed E-state index contributed by atoms with van der Waals surface area (Å²) in [6.45, 7) is 0. The maximum absolute atomic E-state index is 12.5. The molecule has 0 aromatic heterocycles. The van der Waals surface area contributed by atoms with Crippen LogP contribution in [0.3, 0.4) is 0 Å². The van der Waals surface area contributed by atoms with E-state index in [-0.39, 0.29) is 43.3 Å². The Hall–Kier alpha value is -0.441. The predicted octanol–water partition coefficient (Wildman–Crippen LogP) is 0.838. The van der Waals surface area contributed by atoms with E-state index in [1.54, 1.807) is 30.3 Å². The summed E-state index contributed by atoms with van der Waals surface area (Å²) in [5, 5.41) is 0. The molecule has 1 aliphatic heterocycles. The number of sulfonamides is 1. The maximum Gasteiger partial charge on any atom is 0.510 e. The van der Waals surface area contributed by atoms with Gasteiger partial charge in [-0.2, -0.15) is 17.4 Å². The van der Waals surface area contributed by atoms with Crippen molar-refractivity contribution in [1.82, 2.24) is 4.22 Å². The SMILES string of the molecule is O=C1O[B]N(S(=O)(=O)C(F)(F)F)[C@H]1Cc1ccccc1.[Y]. The van der Waals surface area contributed by atoms with Gasteiger partial charge in [-0.3, -0.25) is 4.79 Å². The van der Waals surface area contributed by atoms with Crippen LogP contribution in [-0.4, -0.2) is 37.8 Å². The molecule has 1 saturated heterocycles. The maximum atomic E-state index is 12.5. The summed E-state index contributed by atoms with van der Waals surface area (Å²) in [6.07, 6.45) is -0.203. The van der Waals surface area contributed by atoms with Gasteiger partial charge in [0.25, 0.3) is 0 Å². The van der Waals surface area contributed by atoms with Crippen LogP contribution in [0.1, 0.15) is 5.56 Å². The van der Waals surface area contributed by atoms with Crippen LogP contribution in [0.15, 0.2) is 30.3 Å². The van der Waals surface area contributed by atoms with Gasteiger partial charge in [0.2, 0.25) is 0 Å². The second kappa shape index (κ2) is 6.76. The van der Waals surface area contributed by atoms with Crippen molar-refractivity contribution < 1.29 is 63.7 Å². The quantitative estimate of drug-likeness (QED) is 0.712. The van der Waals surface area contributed by atoms with Gasteiger partial charge in [-0.15, -0.1) is 0 Å². The van der Waals surface area contributed by atoms with Crippen molar-refractivity contribution >= 4 is 23.6 Å². The van der Waals surface area contributed by atoms with E-state index in [9.17, 15) is 26.4 Å². The number of hydrogen-bond acceptors (Lipinski definition) is 4. The summed E-state index contributed by atoms with van der Waals surface area (Å²) in [4.78, 5) is 11.4. The zero-order valence-corrected chi connectivity index (χ0v) is 14.1. The average Bonchev–Trinajstić information content (AvgIpc) is 2.71. The van der Waals surface area contributed by atoms with Crippen molar-refractivity contribution in [3.8, 4) is 0 Å². The van der Waals surface area contributed by atoms with Crippen LogP contribution in [0.25, 0.3) is 0 Å². The Balaban J connectivity index is 0.00000220. The third-order valence-corrected chi connectivity index (χ3v) is 4.17. The minimum atomic E-state index is -5.65. The number of rotatable bonds is 3. The van der Waals surface area contributed by atoms with E-state index in [0.717, 1.165) is 0 Å². The van der Waals surface area contributed by atoms with Crippen molar-refractivity contribution in [1.29, 1.82) is 0 Å². The first-order valence-corrected chi connectivity index (χ1v) is 6.85. The van der Waals surface area contributed by atoms with E-state index in [2.05, 4.69) is 4.65 Å². The molecule has 0 spiro atoms. The summed E-state index contributed by atoms with van der Waals surface area (Å²) in [5.41, 5.74) is -4.97. The molecule has 0 aliphatic carbocycles. The molecule has 1 aromatic carbocycles.